The Morgan fingerprint density at radius 1 is 1.19 bits per heavy atom. The van der Waals surface area contributed by atoms with Gasteiger partial charge in [0, 0.05) is 43.3 Å². The summed E-state index contributed by atoms with van der Waals surface area (Å²) in [7, 11) is 1.34. The maximum absolute atomic E-state index is 14.9. The lowest BCUT2D eigenvalue weighted by atomic mass is 9.68. The van der Waals surface area contributed by atoms with Crippen molar-refractivity contribution in [3.8, 4) is 0 Å². The van der Waals surface area contributed by atoms with E-state index in [9.17, 15) is 9.18 Å². The molecule has 1 saturated heterocycles. The van der Waals surface area contributed by atoms with Crippen LogP contribution in [0.3, 0.4) is 0 Å². The van der Waals surface area contributed by atoms with Crippen molar-refractivity contribution in [3.05, 3.63) is 70.5 Å². The molecule has 0 N–H and O–H groups in total. The zero-order valence-corrected chi connectivity index (χ0v) is 18.3. The highest BCUT2D eigenvalue weighted by molar-refractivity contribution is 5.89. The molecule has 2 heterocycles. The van der Waals surface area contributed by atoms with Gasteiger partial charge in [-0.2, -0.15) is 0 Å². The highest BCUT2D eigenvalue weighted by Gasteiger charge is 2.47. The average Bonchev–Trinajstić information content (AvgIpc) is 2.78. The van der Waals surface area contributed by atoms with Crippen LogP contribution in [0.4, 0.5) is 4.39 Å². The number of methoxy groups -OCH3 is 1. The molecule has 164 valence electrons. The van der Waals surface area contributed by atoms with Crippen LogP contribution in [-0.2, 0) is 24.2 Å². The van der Waals surface area contributed by atoms with E-state index in [0.29, 0.717) is 23.7 Å². The van der Waals surface area contributed by atoms with Gasteiger partial charge >= 0.3 is 5.97 Å². The second-order valence-corrected chi connectivity index (χ2v) is 9.44. The van der Waals surface area contributed by atoms with Crippen LogP contribution in [0.25, 0.3) is 0 Å². The molecule has 31 heavy (non-hydrogen) atoms. The van der Waals surface area contributed by atoms with E-state index < -0.39 is 5.97 Å². The standard InChI is InChI=1S/C26H31FN2O2/c1-31-25(30)21-14-20-8-12-28(18-23(20)24(27)15-21)22-9-13-29(26(16-22)10-5-11-26)17-19-6-3-2-4-7-19/h2-4,6-7,14-15,22H,5,8-13,16-18H2,1H3/t22-/m1/s1. The summed E-state index contributed by atoms with van der Waals surface area (Å²) in [4.78, 5) is 17.0. The van der Waals surface area contributed by atoms with Crippen molar-refractivity contribution in [2.24, 2.45) is 0 Å². The van der Waals surface area contributed by atoms with E-state index in [1.807, 2.05) is 6.07 Å². The normalized spacial score (nSPS) is 23.2. The average molecular weight is 423 g/mol. The summed E-state index contributed by atoms with van der Waals surface area (Å²) in [6.07, 6.45) is 6.96. The first-order valence-corrected chi connectivity index (χ1v) is 11.5. The highest BCUT2D eigenvalue weighted by Crippen LogP contribution is 2.46. The second kappa shape index (κ2) is 8.36. The number of hydrogen-bond acceptors (Lipinski definition) is 4. The third kappa shape index (κ3) is 3.90. The van der Waals surface area contributed by atoms with E-state index in [1.165, 1.54) is 44.4 Å². The monoisotopic (exact) mass is 422 g/mol. The Morgan fingerprint density at radius 2 is 2.00 bits per heavy atom. The second-order valence-electron chi connectivity index (χ2n) is 9.44. The van der Waals surface area contributed by atoms with Crippen LogP contribution >= 0.6 is 0 Å². The van der Waals surface area contributed by atoms with Gasteiger partial charge in [0.2, 0.25) is 0 Å². The molecular weight excluding hydrogens is 391 g/mol. The minimum atomic E-state index is -0.471. The van der Waals surface area contributed by atoms with Crippen LogP contribution < -0.4 is 0 Å². The summed E-state index contributed by atoms with van der Waals surface area (Å²) in [6.45, 7) is 3.70. The number of esters is 1. The van der Waals surface area contributed by atoms with Crippen LogP contribution in [0.2, 0.25) is 0 Å². The van der Waals surface area contributed by atoms with E-state index in [2.05, 4.69) is 40.1 Å². The number of benzene rings is 2. The lowest BCUT2D eigenvalue weighted by Gasteiger charge is -2.57. The van der Waals surface area contributed by atoms with Gasteiger partial charge in [-0.15, -0.1) is 0 Å². The molecule has 0 amide bonds. The first-order valence-electron chi connectivity index (χ1n) is 11.5. The molecule has 5 heteroatoms. The van der Waals surface area contributed by atoms with Crippen molar-refractivity contribution in [3.63, 3.8) is 0 Å². The Labute approximate surface area is 184 Å². The van der Waals surface area contributed by atoms with Crippen molar-refractivity contribution in [2.75, 3.05) is 20.2 Å². The summed E-state index contributed by atoms with van der Waals surface area (Å²) in [5.41, 5.74) is 3.73. The first kappa shape index (κ1) is 20.7. The van der Waals surface area contributed by atoms with Crippen LogP contribution in [0, 0.1) is 5.82 Å². The zero-order chi connectivity index (χ0) is 21.4. The van der Waals surface area contributed by atoms with Crippen LogP contribution in [0.5, 0.6) is 0 Å². The van der Waals surface area contributed by atoms with Crippen molar-refractivity contribution in [1.29, 1.82) is 0 Å². The van der Waals surface area contributed by atoms with Crippen molar-refractivity contribution < 1.29 is 13.9 Å². The summed E-state index contributed by atoms with van der Waals surface area (Å²) < 4.78 is 19.6. The van der Waals surface area contributed by atoms with Crippen molar-refractivity contribution in [1.82, 2.24) is 9.80 Å². The fourth-order valence-electron chi connectivity index (χ4n) is 5.87. The number of halogens is 1. The molecule has 1 spiro atoms. The fraction of sp³-hybridized carbons (Fsp3) is 0.500. The van der Waals surface area contributed by atoms with Gasteiger partial charge in [0.05, 0.1) is 12.7 Å². The number of nitrogens with zero attached hydrogens (tertiary/aromatic N) is 2. The van der Waals surface area contributed by atoms with E-state index >= 15 is 0 Å². The maximum atomic E-state index is 14.9. The number of rotatable bonds is 4. The summed E-state index contributed by atoms with van der Waals surface area (Å²) in [6, 6.07) is 14.4. The number of carbonyl (C=O) groups excluding carboxylic acids is 1. The van der Waals surface area contributed by atoms with E-state index in [0.717, 1.165) is 43.6 Å². The summed E-state index contributed by atoms with van der Waals surface area (Å²) in [5.74, 6) is -0.746. The molecular formula is C26H31FN2O2. The van der Waals surface area contributed by atoms with Crippen molar-refractivity contribution >= 4 is 5.97 Å². The topological polar surface area (TPSA) is 32.8 Å². The smallest absolute Gasteiger partial charge is 0.337 e. The Balaban J connectivity index is 1.30. The van der Waals surface area contributed by atoms with Gasteiger partial charge in [0.25, 0.3) is 0 Å². The molecule has 2 aromatic rings. The molecule has 0 radical (unpaired) electrons. The third-order valence-corrected chi connectivity index (χ3v) is 7.77. The predicted octanol–water partition coefficient (Wildman–Crippen LogP) is 4.56. The Kier molecular flexibility index (Phi) is 5.57. The number of fused-ring (bicyclic) bond motifs is 1. The number of hydrogen-bond donors (Lipinski definition) is 0. The quantitative estimate of drug-likeness (QED) is 0.677. The highest BCUT2D eigenvalue weighted by atomic mass is 19.1. The Morgan fingerprint density at radius 3 is 2.71 bits per heavy atom. The predicted molar refractivity (Wildman–Crippen MR) is 118 cm³/mol. The van der Waals surface area contributed by atoms with Crippen LogP contribution in [0.1, 0.15) is 59.2 Å². The number of ether oxygens (including phenoxy) is 1. The third-order valence-electron chi connectivity index (χ3n) is 7.77. The minimum absolute atomic E-state index is 0.275. The van der Waals surface area contributed by atoms with Gasteiger partial charge in [-0.25, -0.2) is 9.18 Å². The fourth-order valence-corrected chi connectivity index (χ4v) is 5.87. The lowest BCUT2D eigenvalue weighted by Crippen LogP contribution is -2.61. The summed E-state index contributed by atoms with van der Waals surface area (Å²) >= 11 is 0. The van der Waals surface area contributed by atoms with Crippen LogP contribution in [0.15, 0.2) is 42.5 Å². The molecule has 3 aliphatic rings. The molecule has 1 atom stereocenters. The van der Waals surface area contributed by atoms with Gasteiger partial charge < -0.3 is 4.74 Å². The van der Waals surface area contributed by atoms with Crippen LogP contribution in [-0.4, -0.2) is 47.5 Å². The summed E-state index contributed by atoms with van der Waals surface area (Å²) in [5, 5.41) is 0. The molecule has 2 aromatic carbocycles. The molecule has 1 aliphatic carbocycles. The SMILES string of the molecule is COC(=O)c1cc(F)c2c(c1)CCN([C@@H]1CCN(Cc3ccccc3)C3(CCC3)C1)C2. The molecule has 0 bridgehead atoms. The first-order chi connectivity index (χ1) is 15.1. The minimum Gasteiger partial charge on any atom is -0.465 e. The van der Waals surface area contributed by atoms with Gasteiger partial charge in [-0.05, 0) is 61.8 Å². The number of piperidine rings is 1. The molecule has 5 rings (SSSR count). The molecule has 1 saturated carbocycles. The van der Waals surface area contributed by atoms with Crippen molar-refractivity contribution in [2.45, 2.75) is 63.2 Å². The Hall–Kier alpha value is -2.24. The zero-order valence-electron chi connectivity index (χ0n) is 18.3. The van der Waals surface area contributed by atoms with Gasteiger partial charge in [-0.3, -0.25) is 9.80 Å². The van der Waals surface area contributed by atoms with Gasteiger partial charge in [0.15, 0.2) is 0 Å². The number of carbonyl (C=O) groups is 1. The Bertz CT molecular complexity index is 957. The van der Waals surface area contributed by atoms with E-state index in [4.69, 9.17) is 4.74 Å². The molecule has 0 unspecified atom stereocenters. The lowest BCUT2D eigenvalue weighted by molar-refractivity contribution is -0.0591. The number of likely N-dealkylation sites (tertiary alicyclic amines) is 1. The van der Waals surface area contributed by atoms with Gasteiger partial charge in [-0.1, -0.05) is 30.3 Å². The molecule has 2 aliphatic heterocycles. The van der Waals surface area contributed by atoms with E-state index in [-0.39, 0.29) is 5.82 Å². The molecule has 4 nitrogen and oxygen atoms in total. The van der Waals surface area contributed by atoms with E-state index in [1.54, 1.807) is 0 Å². The molecule has 2 fully saturated rings. The largest absolute Gasteiger partial charge is 0.465 e. The molecule has 0 aromatic heterocycles. The maximum Gasteiger partial charge on any atom is 0.337 e. The van der Waals surface area contributed by atoms with Gasteiger partial charge in [0.1, 0.15) is 5.82 Å².